The number of hydrogen-bond donors (Lipinski definition) is 8. The number of likely N-dealkylation sites (tertiary alicyclic amines) is 1. The van der Waals surface area contributed by atoms with E-state index in [1.165, 1.54) is 15.8 Å². The van der Waals surface area contributed by atoms with Crippen LogP contribution in [0.15, 0.2) is 6.20 Å². The second-order valence-electron chi connectivity index (χ2n) is 13.9. The molecule has 2 saturated carbocycles. The molecule has 17 nitrogen and oxygen atoms in total. The molecule has 0 aromatic carbocycles. The maximum absolute atomic E-state index is 14.1. The van der Waals surface area contributed by atoms with Gasteiger partial charge in [0, 0.05) is 25.6 Å². The molecule has 3 aliphatic rings. The molecular weight excluding hydrogens is 626 g/mol. The average Bonchev–Trinajstić information content (AvgIpc) is 3.49. The number of nitrogens with zero attached hydrogens (tertiary/aromatic N) is 4. The Kier molecular flexibility index (Phi) is 12.6. The van der Waals surface area contributed by atoms with Crippen molar-refractivity contribution in [1.82, 2.24) is 41.2 Å². The molecule has 2 heterocycles. The molecular formula is C31H51N9O8. The minimum atomic E-state index is -1.72. The number of unbranched alkanes of at least 4 members (excludes halogenated alkanes) is 1. The maximum Gasteiger partial charge on any atom is 0.405 e. The highest BCUT2D eigenvalue weighted by Crippen LogP contribution is 2.33. The summed E-state index contributed by atoms with van der Waals surface area (Å²) in [7, 11) is 0. The van der Waals surface area contributed by atoms with Crippen LogP contribution in [0.4, 0.5) is 9.59 Å². The van der Waals surface area contributed by atoms with Crippen molar-refractivity contribution in [1.29, 1.82) is 0 Å². The van der Waals surface area contributed by atoms with E-state index >= 15 is 0 Å². The number of carbonyl (C=O) groups excluding carboxylic acids is 4. The molecule has 1 aromatic heterocycles. The van der Waals surface area contributed by atoms with Gasteiger partial charge in [-0.15, -0.1) is 5.10 Å². The molecule has 1 saturated heterocycles. The third-order valence-corrected chi connectivity index (χ3v) is 9.44. The zero-order valence-corrected chi connectivity index (χ0v) is 27.8. The summed E-state index contributed by atoms with van der Waals surface area (Å²) in [4.78, 5) is 65.1. The summed E-state index contributed by atoms with van der Waals surface area (Å²) >= 11 is 0. The van der Waals surface area contributed by atoms with E-state index in [4.69, 9.17) is 5.73 Å². The molecule has 3 unspecified atom stereocenters. The lowest BCUT2D eigenvalue weighted by Crippen LogP contribution is -2.57. The van der Waals surface area contributed by atoms with Gasteiger partial charge in [-0.3, -0.25) is 14.4 Å². The number of aliphatic hydroxyl groups excluding tert-OH is 1. The molecule has 0 spiro atoms. The summed E-state index contributed by atoms with van der Waals surface area (Å²) in [5.74, 6) is -2.12. The number of carboxylic acid groups (broad SMARTS) is 1. The van der Waals surface area contributed by atoms with Gasteiger partial charge in [0.2, 0.25) is 17.7 Å². The fourth-order valence-electron chi connectivity index (χ4n) is 6.70. The fraction of sp³-hybridized carbons (Fsp3) is 0.774. The largest absolute Gasteiger partial charge is 0.465 e. The summed E-state index contributed by atoms with van der Waals surface area (Å²) in [6.07, 6.45) is 6.49. The Bertz CT molecular complexity index is 1290. The normalized spacial score (nSPS) is 22.0. The van der Waals surface area contributed by atoms with E-state index in [0.29, 0.717) is 25.1 Å². The lowest BCUT2D eigenvalue weighted by atomic mass is 9.84. The molecule has 5 atom stereocenters. The van der Waals surface area contributed by atoms with E-state index in [-0.39, 0.29) is 43.8 Å². The third kappa shape index (κ3) is 10.3. The molecule has 17 heteroatoms. The van der Waals surface area contributed by atoms with Gasteiger partial charge in [0.05, 0.1) is 24.0 Å². The highest BCUT2D eigenvalue weighted by atomic mass is 16.4. The predicted molar refractivity (Wildman–Crippen MR) is 171 cm³/mol. The van der Waals surface area contributed by atoms with Gasteiger partial charge in [0.25, 0.3) is 0 Å². The Hall–Kier alpha value is -3.99. The second kappa shape index (κ2) is 16.4. The number of hydrogen-bond acceptors (Lipinski definition) is 9. The van der Waals surface area contributed by atoms with Gasteiger partial charge < -0.3 is 47.2 Å². The Morgan fingerprint density at radius 2 is 1.77 bits per heavy atom. The summed E-state index contributed by atoms with van der Waals surface area (Å²) < 4.78 is 1.47. The molecule has 1 aromatic rings. The number of urea groups is 1. The summed E-state index contributed by atoms with van der Waals surface area (Å²) in [5.41, 5.74) is 4.44. The van der Waals surface area contributed by atoms with Crippen LogP contribution in [0.2, 0.25) is 0 Å². The Morgan fingerprint density at radius 1 is 1.06 bits per heavy atom. The van der Waals surface area contributed by atoms with Crippen LogP contribution in [0, 0.1) is 5.92 Å². The van der Waals surface area contributed by atoms with Crippen LogP contribution < -0.4 is 27.0 Å². The van der Waals surface area contributed by atoms with Gasteiger partial charge in [0.15, 0.2) is 6.10 Å². The van der Waals surface area contributed by atoms with Crippen molar-refractivity contribution in [2.75, 3.05) is 13.1 Å². The smallest absolute Gasteiger partial charge is 0.405 e. The van der Waals surface area contributed by atoms with Gasteiger partial charge >= 0.3 is 12.1 Å². The van der Waals surface area contributed by atoms with Crippen molar-refractivity contribution in [2.24, 2.45) is 11.7 Å². The van der Waals surface area contributed by atoms with Gasteiger partial charge in [-0.1, -0.05) is 37.3 Å². The SMILES string of the molecule is CC(C)(O)c1cnnn1[C@H]1C[C@@H](C(=O)NC(CCCCNC(=O)NC2CC2)C(O)C(N)=O)N(C(=O)C(CC2CCCCC2)NC(=O)O)C1. The quantitative estimate of drug-likeness (QED) is 0.110. The minimum Gasteiger partial charge on any atom is -0.465 e. The van der Waals surface area contributed by atoms with Crippen molar-refractivity contribution in [3.63, 3.8) is 0 Å². The number of primary amides is 1. The molecule has 48 heavy (non-hydrogen) atoms. The molecule has 9 N–H and O–H groups in total. The van der Waals surface area contributed by atoms with Crippen molar-refractivity contribution in [3.05, 3.63) is 11.9 Å². The Morgan fingerprint density at radius 3 is 2.40 bits per heavy atom. The summed E-state index contributed by atoms with van der Waals surface area (Å²) in [6, 6.07) is -3.95. The lowest BCUT2D eigenvalue weighted by Gasteiger charge is -2.32. The number of aromatic nitrogens is 3. The molecule has 6 amide bonds. The molecule has 1 aliphatic heterocycles. The first-order valence-corrected chi connectivity index (χ1v) is 17.0. The number of nitrogens with two attached hydrogens (primary N) is 1. The van der Waals surface area contributed by atoms with Crippen LogP contribution in [0.5, 0.6) is 0 Å². The van der Waals surface area contributed by atoms with Crippen LogP contribution in [0.3, 0.4) is 0 Å². The number of aliphatic hydroxyl groups is 2. The monoisotopic (exact) mass is 677 g/mol. The lowest BCUT2D eigenvalue weighted by molar-refractivity contribution is -0.141. The van der Waals surface area contributed by atoms with Crippen molar-refractivity contribution in [3.8, 4) is 0 Å². The van der Waals surface area contributed by atoms with E-state index < -0.39 is 59.7 Å². The highest BCUT2D eigenvalue weighted by Gasteiger charge is 2.45. The standard InChI is InChI=1S/C31H51N9O8/c1-31(2,48)24-16-34-38-40(24)20-15-23(39(17-20)28(44)22(37-30(46)47)14-18-8-4-3-5-9-18)27(43)36-21(25(41)26(32)42)10-6-7-13-33-29(45)35-19-11-12-19/h16,18-23,25,37,41,48H,3-15,17H2,1-2H3,(H2,32,42)(H,36,43)(H,46,47)(H2,33,35,45)/t20-,21?,22?,23-,25?/m0/s1. The third-order valence-electron chi connectivity index (χ3n) is 9.44. The Balaban J connectivity index is 1.51. The topological polar surface area (TPSA) is 254 Å². The Labute approximate surface area is 279 Å². The zero-order valence-electron chi connectivity index (χ0n) is 27.8. The van der Waals surface area contributed by atoms with Crippen LogP contribution >= 0.6 is 0 Å². The van der Waals surface area contributed by atoms with Crippen molar-refractivity contribution < 1.29 is 39.3 Å². The maximum atomic E-state index is 14.1. The predicted octanol–water partition coefficient (Wildman–Crippen LogP) is 0.217. The summed E-state index contributed by atoms with van der Waals surface area (Å²) in [5, 5.41) is 49.7. The van der Waals surface area contributed by atoms with Crippen LogP contribution in [-0.4, -0.2) is 108 Å². The average molecular weight is 678 g/mol. The first-order valence-electron chi connectivity index (χ1n) is 17.0. The number of rotatable bonds is 16. The van der Waals surface area contributed by atoms with E-state index in [9.17, 15) is 39.3 Å². The number of nitrogens with one attached hydrogen (secondary N) is 4. The molecule has 3 fully saturated rings. The first-order chi connectivity index (χ1) is 22.7. The van der Waals surface area contributed by atoms with Gasteiger partial charge in [0.1, 0.15) is 17.7 Å². The van der Waals surface area contributed by atoms with Crippen LogP contribution in [-0.2, 0) is 20.0 Å². The van der Waals surface area contributed by atoms with Crippen molar-refractivity contribution in [2.45, 2.75) is 133 Å². The molecule has 4 rings (SSSR count). The summed E-state index contributed by atoms with van der Waals surface area (Å²) in [6.45, 7) is 3.44. The molecule has 2 aliphatic carbocycles. The van der Waals surface area contributed by atoms with Gasteiger partial charge in [-0.25, -0.2) is 14.3 Å². The van der Waals surface area contributed by atoms with E-state index in [2.05, 4.69) is 31.6 Å². The van der Waals surface area contributed by atoms with Crippen LogP contribution in [0.25, 0.3) is 0 Å². The second-order valence-corrected chi connectivity index (χ2v) is 13.9. The first kappa shape index (κ1) is 36.8. The van der Waals surface area contributed by atoms with Crippen LogP contribution in [0.1, 0.15) is 103 Å². The van der Waals surface area contributed by atoms with E-state index in [0.717, 1.165) is 44.9 Å². The minimum absolute atomic E-state index is 0.0243. The van der Waals surface area contributed by atoms with Gasteiger partial charge in [-0.2, -0.15) is 0 Å². The van der Waals surface area contributed by atoms with Gasteiger partial charge in [-0.05, 0) is 58.3 Å². The van der Waals surface area contributed by atoms with Crippen molar-refractivity contribution >= 4 is 29.8 Å². The van der Waals surface area contributed by atoms with E-state index in [1.807, 2.05) is 0 Å². The highest BCUT2D eigenvalue weighted by molar-refractivity contribution is 5.92. The zero-order chi connectivity index (χ0) is 35.0. The molecule has 0 bridgehead atoms. The fourth-order valence-corrected chi connectivity index (χ4v) is 6.70. The molecule has 268 valence electrons. The number of carbonyl (C=O) groups is 5. The molecule has 0 radical (unpaired) electrons. The number of amides is 6. The van der Waals surface area contributed by atoms with E-state index in [1.54, 1.807) is 13.8 Å².